The van der Waals surface area contributed by atoms with Crippen LogP contribution in [0.3, 0.4) is 0 Å². The number of carbonyl (C=O) groups is 1. The zero-order chi connectivity index (χ0) is 13.7. The van der Waals surface area contributed by atoms with Gasteiger partial charge in [0.15, 0.2) is 0 Å². The number of nitrogens with one attached hydrogen (secondary N) is 1. The minimum Gasteiger partial charge on any atom is -0.465 e. The molecule has 19 heavy (non-hydrogen) atoms. The Bertz CT molecular complexity index is 416. The standard InChI is InChI=1S/C15H21NO3/c1-18-14-5-3-4-13(10-14)16-12-8-6-11(7-9-12)15(17)19-2/h6-9,13-14,16H,3-5,10H2,1-2H3. The van der Waals surface area contributed by atoms with Crippen LogP contribution in [0.2, 0.25) is 0 Å². The number of rotatable bonds is 4. The van der Waals surface area contributed by atoms with E-state index >= 15 is 0 Å². The van der Waals surface area contributed by atoms with Crippen LogP contribution in [0, 0.1) is 0 Å². The third-order valence-corrected chi connectivity index (χ3v) is 3.64. The topological polar surface area (TPSA) is 47.6 Å². The molecular formula is C15H21NO3. The van der Waals surface area contributed by atoms with Crippen LogP contribution in [0.4, 0.5) is 5.69 Å². The second-order valence-corrected chi connectivity index (χ2v) is 4.93. The maximum Gasteiger partial charge on any atom is 0.337 e. The van der Waals surface area contributed by atoms with Crippen molar-refractivity contribution in [1.29, 1.82) is 0 Å². The molecule has 0 bridgehead atoms. The van der Waals surface area contributed by atoms with Gasteiger partial charge in [-0.25, -0.2) is 4.79 Å². The predicted molar refractivity (Wildman–Crippen MR) is 74.5 cm³/mol. The van der Waals surface area contributed by atoms with Gasteiger partial charge in [0.25, 0.3) is 0 Å². The molecule has 0 saturated heterocycles. The third-order valence-electron chi connectivity index (χ3n) is 3.64. The molecule has 4 nitrogen and oxygen atoms in total. The summed E-state index contributed by atoms with van der Waals surface area (Å²) in [7, 11) is 3.17. The van der Waals surface area contributed by atoms with Gasteiger partial charge in [0.2, 0.25) is 0 Å². The summed E-state index contributed by atoms with van der Waals surface area (Å²) in [5.41, 5.74) is 1.61. The van der Waals surface area contributed by atoms with E-state index in [4.69, 9.17) is 4.74 Å². The molecule has 104 valence electrons. The number of benzene rings is 1. The molecule has 0 radical (unpaired) electrons. The Kier molecular flexibility index (Phi) is 4.80. The van der Waals surface area contributed by atoms with Crippen LogP contribution < -0.4 is 5.32 Å². The number of esters is 1. The highest BCUT2D eigenvalue weighted by molar-refractivity contribution is 5.89. The first-order valence-corrected chi connectivity index (χ1v) is 6.70. The lowest BCUT2D eigenvalue weighted by Gasteiger charge is -2.29. The first-order chi connectivity index (χ1) is 9.22. The number of hydrogen-bond acceptors (Lipinski definition) is 4. The third kappa shape index (κ3) is 3.70. The van der Waals surface area contributed by atoms with E-state index < -0.39 is 0 Å². The van der Waals surface area contributed by atoms with Crippen molar-refractivity contribution in [1.82, 2.24) is 0 Å². The molecule has 0 aliphatic heterocycles. The number of ether oxygens (including phenoxy) is 2. The maximum absolute atomic E-state index is 11.3. The van der Waals surface area contributed by atoms with Gasteiger partial charge in [-0.05, 0) is 49.9 Å². The van der Waals surface area contributed by atoms with Crippen molar-refractivity contribution in [2.24, 2.45) is 0 Å². The molecule has 1 aliphatic rings. The van der Waals surface area contributed by atoms with Crippen molar-refractivity contribution in [3.05, 3.63) is 29.8 Å². The van der Waals surface area contributed by atoms with Crippen molar-refractivity contribution in [3.8, 4) is 0 Å². The summed E-state index contributed by atoms with van der Waals surface area (Å²) in [5.74, 6) is -0.302. The SMILES string of the molecule is COC(=O)c1ccc(NC2CCCC(OC)C2)cc1. The fraction of sp³-hybridized carbons (Fsp3) is 0.533. The second kappa shape index (κ2) is 6.57. The van der Waals surface area contributed by atoms with Gasteiger partial charge in [-0.3, -0.25) is 0 Å². The van der Waals surface area contributed by atoms with Crippen molar-refractivity contribution in [2.45, 2.75) is 37.8 Å². The number of methoxy groups -OCH3 is 2. The summed E-state index contributed by atoms with van der Waals surface area (Å²) in [6.45, 7) is 0. The van der Waals surface area contributed by atoms with E-state index in [-0.39, 0.29) is 5.97 Å². The highest BCUT2D eigenvalue weighted by atomic mass is 16.5. The van der Waals surface area contributed by atoms with Crippen molar-refractivity contribution < 1.29 is 14.3 Å². The van der Waals surface area contributed by atoms with E-state index in [1.807, 2.05) is 12.1 Å². The molecule has 1 saturated carbocycles. The quantitative estimate of drug-likeness (QED) is 0.849. The molecule has 0 heterocycles. The molecule has 1 aromatic rings. The van der Waals surface area contributed by atoms with Gasteiger partial charge in [0.1, 0.15) is 0 Å². The minimum absolute atomic E-state index is 0.302. The molecule has 2 unspecified atom stereocenters. The van der Waals surface area contributed by atoms with Crippen LogP contribution in [0.5, 0.6) is 0 Å². The highest BCUT2D eigenvalue weighted by Crippen LogP contribution is 2.24. The largest absolute Gasteiger partial charge is 0.465 e. The van der Waals surface area contributed by atoms with Gasteiger partial charge in [-0.2, -0.15) is 0 Å². The summed E-state index contributed by atoms with van der Waals surface area (Å²) in [6, 6.07) is 7.85. The summed E-state index contributed by atoms with van der Waals surface area (Å²) in [4.78, 5) is 11.3. The average Bonchev–Trinajstić information content (AvgIpc) is 2.47. The Morgan fingerprint density at radius 2 is 1.95 bits per heavy atom. The van der Waals surface area contributed by atoms with Crippen molar-refractivity contribution >= 4 is 11.7 Å². The zero-order valence-electron chi connectivity index (χ0n) is 11.5. The van der Waals surface area contributed by atoms with Gasteiger partial charge in [-0.1, -0.05) is 0 Å². The van der Waals surface area contributed by atoms with E-state index in [1.54, 1.807) is 19.2 Å². The molecule has 0 spiro atoms. The van der Waals surface area contributed by atoms with Crippen LogP contribution >= 0.6 is 0 Å². The molecule has 1 aliphatic carbocycles. The molecule has 1 aromatic carbocycles. The lowest BCUT2D eigenvalue weighted by atomic mass is 9.92. The van der Waals surface area contributed by atoms with Crippen LogP contribution in [0.25, 0.3) is 0 Å². The molecular weight excluding hydrogens is 242 g/mol. The fourth-order valence-electron chi connectivity index (χ4n) is 2.55. The average molecular weight is 263 g/mol. The van der Waals surface area contributed by atoms with E-state index in [2.05, 4.69) is 10.1 Å². The Morgan fingerprint density at radius 1 is 1.21 bits per heavy atom. The first kappa shape index (κ1) is 13.9. The van der Waals surface area contributed by atoms with Gasteiger partial charge < -0.3 is 14.8 Å². The molecule has 2 rings (SSSR count). The van der Waals surface area contributed by atoms with Crippen LogP contribution in [-0.2, 0) is 9.47 Å². The Balaban J connectivity index is 1.94. The molecule has 1 N–H and O–H groups in total. The monoisotopic (exact) mass is 263 g/mol. The maximum atomic E-state index is 11.3. The van der Waals surface area contributed by atoms with Gasteiger partial charge in [0, 0.05) is 18.8 Å². The Morgan fingerprint density at radius 3 is 2.58 bits per heavy atom. The summed E-state index contributed by atoms with van der Waals surface area (Å²) in [5, 5.41) is 3.50. The summed E-state index contributed by atoms with van der Waals surface area (Å²) in [6.07, 6.45) is 4.90. The zero-order valence-corrected chi connectivity index (χ0v) is 11.5. The normalized spacial score (nSPS) is 22.8. The molecule has 0 amide bonds. The van der Waals surface area contributed by atoms with Gasteiger partial charge in [-0.15, -0.1) is 0 Å². The molecule has 4 heteroatoms. The van der Waals surface area contributed by atoms with E-state index in [0.29, 0.717) is 17.7 Å². The van der Waals surface area contributed by atoms with E-state index in [0.717, 1.165) is 18.5 Å². The minimum atomic E-state index is -0.302. The van der Waals surface area contributed by atoms with Gasteiger partial charge in [0.05, 0.1) is 18.8 Å². The predicted octanol–water partition coefficient (Wildman–Crippen LogP) is 2.84. The second-order valence-electron chi connectivity index (χ2n) is 4.93. The lowest BCUT2D eigenvalue weighted by molar-refractivity contribution is 0.0600. The fourth-order valence-corrected chi connectivity index (χ4v) is 2.55. The molecule has 2 atom stereocenters. The summed E-state index contributed by atoms with van der Waals surface area (Å²) < 4.78 is 10.1. The highest BCUT2D eigenvalue weighted by Gasteiger charge is 2.21. The van der Waals surface area contributed by atoms with Crippen molar-refractivity contribution in [3.63, 3.8) is 0 Å². The molecule has 0 aromatic heterocycles. The lowest BCUT2D eigenvalue weighted by Crippen LogP contribution is -2.30. The molecule has 1 fully saturated rings. The Hall–Kier alpha value is -1.55. The van der Waals surface area contributed by atoms with Gasteiger partial charge >= 0.3 is 5.97 Å². The number of carbonyl (C=O) groups excluding carboxylic acids is 1. The van der Waals surface area contributed by atoms with E-state index in [9.17, 15) is 4.79 Å². The van der Waals surface area contributed by atoms with Crippen LogP contribution in [-0.4, -0.2) is 32.3 Å². The Labute approximate surface area is 114 Å². The van der Waals surface area contributed by atoms with Crippen LogP contribution in [0.15, 0.2) is 24.3 Å². The van der Waals surface area contributed by atoms with E-state index in [1.165, 1.54) is 20.0 Å². The first-order valence-electron chi connectivity index (χ1n) is 6.70. The van der Waals surface area contributed by atoms with Crippen molar-refractivity contribution in [2.75, 3.05) is 19.5 Å². The summed E-state index contributed by atoms with van der Waals surface area (Å²) >= 11 is 0. The number of anilines is 1. The smallest absolute Gasteiger partial charge is 0.337 e. The van der Waals surface area contributed by atoms with Crippen LogP contribution in [0.1, 0.15) is 36.0 Å². The number of hydrogen-bond donors (Lipinski definition) is 1.